The van der Waals surface area contributed by atoms with Crippen LogP contribution in [0.1, 0.15) is 22.0 Å². The number of aliphatic hydroxyl groups excluding tert-OH is 1. The van der Waals surface area contributed by atoms with Crippen molar-refractivity contribution in [1.82, 2.24) is 0 Å². The van der Waals surface area contributed by atoms with Crippen molar-refractivity contribution >= 4 is 5.78 Å². The third kappa shape index (κ3) is 2.41. The monoisotopic (exact) mass is 242 g/mol. The summed E-state index contributed by atoms with van der Waals surface area (Å²) in [6.45, 7) is 0. The first kappa shape index (κ1) is 12.3. The Bertz CT molecular complexity index is 534. The minimum absolute atomic E-state index is 0.333. The van der Waals surface area contributed by atoms with Crippen LogP contribution in [0, 0.1) is 0 Å². The number of aliphatic hydroxyl groups is 1. The van der Waals surface area contributed by atoms with Gasteiger partial charge in [0.1, 0.15) is 11.9 Å². The van der Waals surface area contributed by atoms with Crippen molar-refractivity contribution < 1.29 is 14.6 Å². The number of hydrogen-bond donors (Lipinski definition) is 1. The molecule has 3 nitrogen and oxygen atoms in total. The molecular formula is C15H14O3. The number of methoxy groups -OCH3 is 1. The Hall–Kier alpha value is -2.13. The zero-order chi connectivity index (χ0) is 13.0. The van der Waals surface area contributed by atoms with Crippen LogP contribution in [-0.2, 0) is 0 Å². The van der Waals surface area contributed by atoms with Gasteiger partial charge in [-0.1, -0.05) is 48.5 Å². The van der Waals surface area contributed by atoms with Crippen molar-refractivity contribution in [3.8, 4) is 5.75 Å². The molecule has 0 aromatic heterocycles. The van der Waals surface area contributed by atoms with E-state index in [4.69, 9.17) is 4.74 Å². The lowest BCUT2D eigenvalue weighted by Crippen LogP contribution is -2.13. The summed E-state index contributed by atoms with van der Waals surface area (Å²) in [6, 6.07) is 15.7. The average molecular weight is 242 g/mol. The van der Waals surface area contributed by atoms with E-state index >= 15 is 0 Å². The summed E-state index contributed by atoms with van der Waals surface area (Å²) in [5, 5.41) is 10.1. The standard InChI is InChI=1S/C15H14O3/c1-18-13-10-6-5-9-12(13)15(17)14(16)11-7-3-2-4-8-11/h2-10,15,17H,1H3/t15-/m1/s1. The highest BCUT2D eigenvalue weighted by Crippen LogP contribution is 2.27. The van der Waals surface area contributed by atoms with Crippen LogP contribution in [0.15, 0.2) is 54.6 Å². The zero-order valence-electron chi connectivity index (χ0n) is 10.0. The minimum atomic E-state index is -1.21. The van der Waals surface area contributed by atoms with Gasteiger partial charge in [0.15, 0.2) is 5.78 Å². The molecule has 2 rings (SSSR count). The van der Waals surface area contributed by atoms with E-state index in [0.29, 0.717) is 16.9 Å². The van der Waals surface area contributed by atoms with Gasteiger partial charge < -0.3 is 9.84 Å². The van der Waals surface area contributed by atoms with Crippen LogP contribution in [0.4, 0.5) is 0 Å². The van der Waals surface area contributed by atoms with Gasteiger partial charge >= 0.3 is 0 Å². The summed E-state index contributed by atoms with van der Waals surface area (Å²) < 4.78 is 5.14. The lowest BCUT2D eigenvalue weighted by molar-refractivity contribution is 0.0742. The molecular weight excluding hydrogens is 228 g/mol. The number of hydrogen-bond acceptors (Lipinski definition) is 3. The highest BCUT2D eigenvalue weighted by molar-refractivity contribution is 6.00. The highest BCUT2D eigenvalue weighted by Gasteiger charge is 2.21. The van der Waals surface area contributed by atoms with Gasteiger partial charge in [-0.15, -0.1) is 0 Å². The molecule has 2 aromatic carbocycles. The number of rotatable bonds is 4. The normalized spacial score (nSPS) is 11.9. The second-order valence-electron chi connectivity index (χ2n) is 3.87. The average Bonchev–Trinajstić information content (AvgIpc) is 2.46. The molecule has 0 aliphatic carbocycles. The van der Waals surface area contributed by atoms with E-state index in [-0.39, 0.29) is 5.78 Å². The van der Waals surface area contributed by atoms with E-state index in [0.717, 1.165) is 0 Å². The van der Waals surface area contributed by atoms with E-state index in [1.165, 1.54) is 7.11 Å². The maximum atomic E-state index is 12.1. The fourth-order valence-electron chi connectivity index (χ4n) is 1.79. The minimum Gasteiger partial charge on any atom is -0.496 e. The number of carbonyl (C=O) groups excluding carboxylic acids is 1. The fraction of sp³-hybridized carbons (Fsp3) is 0.133. The second kappa shape index (κ2) is 5.47. The molecule has 2 aromatic rings. The molecule has 0 bridgehead atoms. The van der Waals surface area contributed by atoms with Gasteiger partial charge in [0.25, 0.3) is 0 Å². The summed E-state index contributed by atoms with van der Waals surface area (Å²) in [5.74, 6) is 0.175. The van der Waals surface area contributed by atoms with Gasteiger partial charge in [-0.05, 0) is 6.07 Å². The lowest BCUT2D eigenvalue weighted by atomic mass is 9.99. The number of ether oxygens (including phenoxy) is 1. The van der Waals surface area contributed by atoms with Gasteiger partial charge in [0.2, 0.25) is 0 Å². The molecule has 0 spiro atoms. The Morgan fingerprint density at radius 1 is 1.06 bits per heavy atom. The van der Waals surface area contributed by atoms with Crippen LogP contribution in [0.3, 0.4) is 0 Å². The third-order valence-corrected chi connectivity index (χ3v) is 2.74. The van der Waals surface area contributed by atoms with Crippen molar-refractivity contribution in [1.29, 1.82) is 0 Å². The lowest BCUT2D eigenvalue weighted by Gasteiger charge is -2.13. The first-order valence-electron chi connectivity index (χ1n) is 5.64. The van der Waals surface area contributed by atoms with Gasteiger partial charge in [-0.2, -0.15) is 0 Å². The molecule has 0 aliphatic rings. The highest BCUT2D eigenvalue weighted by atomic mass is 16.5. The van der Waals surface area contributed by atoms with Crippen molar-refractivity contribution in [2.45, 2.75) is 6.10 Å². The number of para-hydroxylation sites is 1. The van der Waals surface area contributed by atoms with E-state index in [1.54, 1.807) is 48.5 Å². The quantitative estimate of drug-likeness (QED) is 0.838. The topological polar surface area (TPSA) is 46.5 Å². The van der Waals surface area contributed by atoms with Gasteiger partial charge in [-0.3, -0.25) is 4.79 Å². The molecule has 0 unspecified atom stereocenters. The molecule has 0 aliphatic heterocycles. The van der Waals surface area contributed by atoms with Gasteiger partial charge in [-0.25, -0.2) is 0 Å². The maximum absolute atomic E-state index is 12.1. The van der Waals surface area contributed by atoms with Crippen molar-refractivity contribution in [3.63, 3.8) is 0 Å². The molecule has 3 heteroatoms. The zero-order valence-corrected chi connectivity index (χ0v) is 10.0. The van der Waals surface area contributed by atoms with Crippen LogP contribution in [-0.4, -0.2) is 18.0 Å². The smallest absolute Gasteiger partial charge is 0.195 e. The third-order valence-electron chi connectivity index (χ3n) is 2.74. The first-order chi connectivity index (χ1) is 8.74. The number of Topliss-reactive ketones (excluding diaryl/α,β-unsaturated/α-hetero) is 1. The Balaban J connectivity index is 2.31. The van der Waals surface area contributed by atoms with Crippen LogP contribution < -0.4 is 4.74 Å². The number of ketones is 1. The van der Waals surface area contributed by atoms with Crippen molar-refractivity contribution in [2.75, 3.05) is 7.11 Å². The van der Waals surface area contributed by atoms with E-state index < -0.39 is 6.10 Å². The molecule has 0 saturated heterocycles. The number of carbonyl (C=O) groups is 1. The first-order valence-corrected chi connectivity index (χ1v) is 5.64. The Labute approximate surface area is 106 Å². The Morgan fingerprint density at radius 3 is 2.33 bits per heavy atom. The van der Waals surface area contributed by atoms with E-state index in [9.17, 15) is 9.90 Å². The molecule has 0 heterocycles. The predicted molar refractivity (Wildman–Crippen MR) is 68.7 cm³/mol. The van der Waals surface area contributed by atoms with Crippen molar-refractivity contribution in [2.24, 2.45) is 0 Å². The molecule has 0 radical (unpaired) electrons. The number of benzene rings is 2. The van der Waals surface area contributed by atoms with E-state index in [2.05, 4.69) is 0 Å². The molecule has 1 N–H and O–H groups in total. The van der Waals surface area contributed by atoms with Crippen LogP contribution in [0.2, 0.25) is 0 Å². The van der Waals surface area contributed by atoms with Crippen LogP contribution in [0.25, 0.3) is 0 Å². The molecule has 18 heavy (non-hydrogen) atoms. The molecule has 0 amide bonds. The Morgan fingerprint density at radius 2 is 1.67 bits per heavy atom. The SMILES string of the molecule is COc1ccccc1[C@@H](O)C(=O)c1ccccc1. The molecule has 1 atom stereocenters. The summed E-state index contributed by atoms with van der Waals surface area (Å²) in [4.78, 5) is 12.1. The summed E-state index contributed by atoms with van der Waals surface area (Å²) in [5.41, 5.74) is 0.963. The van der Waals surface area contributed by atoms with Gasteiger partial charge in [0, 0.05) is 11.1 Å². The van der Waals surface area contributed by atoms with Gasteiger partial charge in [0.05, 0.1) is 7.11 Å². The fourth-order valence-corrected chi connectivity index (χ4v) is 1.79. The largest absolute Gasteiger partial charge is 0.496 e. The Kier molecular flexibility index (Phi) is 3.75. The summed E-state index contributed by atoms with van der Waals surface area (Å²) >= 11 is 0. The van der Waals surface area contributed by atoms with Crippen molar-refractivity contribution in [3.05, 3.63) is 65.7 Å². The second-order valence-corrected chi connectivity index (χ2v) is 3.87. The van der Waals surface area contributed by atoms with Crippen LogP contribution in [0.5, 0.6) is 5.75 Å². The molecule has 0 fully saturated rings. The summed E-state index contributed by atoms with van der Waals surface area (Å²) in [6.07, 6.45) is -1.21. The molecule has 0 saturated carbocycles. The summed E-state index contributed by atoms with van der Waals surface area (Å²) in [7, 11) is 1.51. The maximum Gasteiger partial charge on any atom is 0.195 e. The van der Waals surface area contributed by atoms with E-state index in [1.807, 2.05) is 6.07 Å². The predicted octanol–water partition coefficient (Wildman–Crippen LogP) is 2.61. The van der Waals surface area contributed by atoms with Crippen LogP contribution >= 0.6 is 0 Å². The molecule has 92 valence electrons.